The fourth-order valence-electron chi connectivity index (χ4n) is 2.19. The second-order valence-electron chi connectivity index (χ2n) is 5.86. The van der Waals surface area contributed by atoms with Gasteiger partial charge in [0.15, 0.2) is 0 Å². The molecule has 0 amide bonds. The third kappa shape index (κ3) is 3.73. The summed E-state index contributed by atoms with van der Waals surface area (Å²) in [6.07, 6.45) is 0. The molecule has 0 spiro atoms. The molecule has 3 nitrogen and oxygen atoms in total. The molecular formula is C17H22ClN3. The van der Waals surface area contributed by atoms with Crippen LogP contribution in [0.25, 0.3) is 0 Å². The number of benzene rings is 1. The summed E-state index contributed by atoms with van der Waals surface area (Å²) in [7, 11) is 0. The molecule has 0 aliphatic carbocycles. The number of aryl methyl sites for hydroxylation is 1. The molecule has 0 aliphatic heterocycles. The molecule has 0 bridgehead atoms. The Morgan fingerprint density at radius 3 is 2.43 bits per heavy atom. The quantitative estimate of drug-likeness (QED) is 0.828. The fourth-order valence-corrected chi connectivity index (χ4v) is 2.41. The minimum atomic E-state index is -0.363. The molecule has 0 radical (unpaired) electrons. The zero-order chi connectivity index (χ0) is 15.5. The van der Waals surface area contributed by atoms with E-state index in [1.165, 1.54) is 0 Å². The van der Waals surface area contributed by atoms with Crippen LogP contribution in [0.15, 0.2) is 36.4 Å². The van der Waals surface area contributed by atoms with Crippen molar-refractivity contribution < 1.29 is 0 Å². The molecule has 4 heteroatoms. The molecule has 1 atom stereocenters. The van der Waals surface area contributed by atoms with E-state index in [1.54, 1.807) is 0 Å². The van der Waals surface area contributed by atoms with Crippen molar-refractivity contribution in [3.05, 3.63) is 53.5 Å². The first-order chi connectivity index (χ1) is 9.94. The Labute approximate surface area is 131 Å². The van der Waals surface area contributed by atoms with Gasteiger partial charge in [-0.05, 0) is 19.4 Å². The molecule has 0 saturated carbocycles. The maximum atomic E-state index is 6.23. The van der Waals surface area contributed by atoms with Crippen molar-refractivity contribution >= 4 is 17.4 Å². The minimum absolute atomic E-state index is 0.296. The Balaban J connectivity index is 2.35. The van der Waals surface area contributed by atoms with Gasteiger partial charge in [0.1, 0.15) is 11.6 Å². The summed E-state index contributed by atoms with van der Waals surface area (Å²) in [5, 5.41) is 3.47. The summed E-state index contributed by atoms with van der Waals surface area (Å²) in [5.74, 6) is 2.42. The van der Waals surface area contributed by atoms with E-state index in [9.17, 15) is 0 Å². The highest BCUT2D eigenvalue weighted by molar-refractivity contribution is 6.18. The molecule has 21 heavy (non-hydrogen) atoms. The molecule has 1 heterocycles. The van der Waals surface area contributed by atoms with E-state index in [4.69, 9.17) is 11.6 Å². The number of nitrogens with one attached hydrogen (secondary N) is 1. The van der Waals surface area contributed by atoms with Crippen LogP contribution in [0.5, 0.6) is 0 Å². The molecule has 1 aromatic heterocycles. The van der Waals surface area contributed by atoms with Gasteiger partial charge in [0.05, 0.1) is 5.54 Å². The first-order valence-corrected chi connectivity index (χ1v) is 7.73. The number of hydrogen-bond acceptors (Lipinski definition) is 3. The zero-order valence-corrected chi connectivity index (χ0v) is 13.8. The predicted molar refractivity (Wildman–Crippen MR) is 89.0 cm³/mol. The van der Waals surface area contributed by atoms with Crippen molar-refractivity contribution in [2.24, 2.45) is 0 Å². The monoisotopic (exact) mass is 303 g/mol. The Kier molecular flexibility index (Phi) is 4.84. The van der Waals surface area contributed by atoms with Crippen LogP contribution in [0.2, 0.25) is 0 Å². The van der Waals surface area contributed by atoms with Gasteiger partial charge >= 0.3 is 0 Å². The first-order valence-electron chi connectivity index (χ1n) is 7.20. The Morgan fingerprint density at radius 2 is 1.86 bits per heavy atom. The van der Waals surface area contributed by atoms with Gasteiger partial charge < -0.3 is 5.32 Å². The van der Waals surface area contributed by atoms with Crippen LogP contribution >= 0.6 is 11.6 Å². The highest BCUT2D eigenvalue weighted by Gasteiger charge is 2.26. The van der Waals surface area contributed by atoms with Gasteiger partial charge in [-0.3, -0.25) is 0 Å². The Morgan fingerprint density at radius 1 is 1.19 bits per heavy atom. The number of anilines is 1. The third-order valence-corrected chi connectivity index (χ3v) is 4.00. The molecule has 2 aromatic rings. The number of aromatic nitrogens is 2. The minimum Gasteiger partial charge on any atom is -0.360 e. The average molecular weight is 304 g/mol. The van der Waals surface area contributed by atoms with E-state index in [2.05, 4.69) is 48.2 Å². The lowest BCUT2D eigenvalue weighted by molar-refractivity contribution is 0.610. The van der Waals surface area contributed by atoms with Crippen LogP contribution in [0.4, 0.5) is 5.82 Å². The molecule has 1 N–H and O–H groups in total. The standard InChI is InChI=1S/C17H22ClN3/c1-12(2)16-19-13(3)10-15(20-16)21-17(4,11-18)14-8-6-5-7-9-14/h5-10,12H,11H2,1-4H3,(H,19,20,21). The first kappa shape index (κ1) is 15.8. The molecular weight excluding hydrogens is 282 g/mol. The van der Waals surface area contributed by atoms with E-state index in [1.807, 2.05) is 31.2 Å². The van der Waals surface area contributed by atoms with Gasteiger partial charge in [0.25, 0.3) is 0 Å². The van der Waals surface area contributed by atoms with E-state index >= 15 is 0 Å². The normalized spacial score (nSPS) is 14.0. The maximum Gasteiger partial charge on any atom is 0.133 e. The lowest BCUT2D eigenvalue weighted by Gasteiger charge is -2.30. The SMILES string of the molecule is Cc1cc(NC(C)(CCl)c2ccccc2)nc(C(C)C)n1. The van der Waals surface area contributed by atoms with E-state index in [0.29, 0.717) is 11.8 Å². The van der Waals surface area contributed by atoms with Crippen molar-refractivity contribution in [3.63, 3.8) is 0 Å². The lowest BCUT2D eigenvalue weighted by atomic mass is 9.94. The topological polar surface area (TPSA) is 37.8 Å². The average Bonchev–Trinajstić information content (AvgIpc) is 2.47. The fraction of sp³-hybridized carbons (Fsp3) is 0.412. The number of rotatable bonds is 5. The van der Waals surface area contributed by atoms with Crippen LogP contribution in [0.1, 0.15) is 43.8 Å². The number of halogens is 1. The van der Waals surface area contributed by atoms with E-state index in [0.717, 1.165) is 22.9 Å². The molecule has 1 aromatic carbocycles. The number of nitrogens with zero attached hydrogens (tertiary/aromatic N) is 2. The predicted octanol–water partition coefficient (Wildman–Crippen LogP) is 4.47. The number of hydrogen-bond donors (Lipinski definition) is 1. The van der Waals surface area contributed by atoms with Crippen molar-refractivity contribution in [3.8, 4) is 0 Å². The molecule has 2 rings (SSSR count). The van der Waals surface area contributed by atoms with Crippen LogP contribution in [0, 0.1) is 6.92 Å². The summed E-state index contributed by atoms with van der Waals surface area (Å²) in [6.45, 7) is 8.26. The van der Waals surface area contributed by atoms with Crippen molar-refractivity contribution in [2.75, 3.05) is 11.2 Å². The zero-order valence-electron chi connectivity index (χ0n) is 13.0. The van der Waals surface area contributed by atoms with E-state index in [-0.39, 0.29) is 5.54 Å². The third-order valence-electron chi connectivity index (χ3n) is 3.47. The van der Waals surface area contributed by atoms with Gasteiger partial charge in [-0.25, -0.2) is 9.97 Å². The summed E-state index contributed by atoms with van der Waals surface area (Å²) >= 11 is 6.23. The second kappa shape index (κ2) is 6.44. The van der Waals surface area contributed by atoms with Gasteiger partial charge in [-0.1, -0.05) is 44.2 Å². The summed E-state index contributed by atoms with van der Waals surface area (Å²) in [4.78, 5) is 9.09. The summed E-state index contributed by atoms with van der Waals surface area (Å²) in [5.41, 5.74) is 1.74. The van der Waals surface area contributed by atoms with E-state index < -0.39 is 0 Å². The lowest BCUT2D eigenvalue weighted by Crippen LogP contribution is -2.34. The largest absolute Gasteiger partial charge is 0.360 e. The molecule has 112 valence electrons. The van der Waals surface area contributed by atoms with Crippen molar-refractivity contribution in [1.29, 1.82) is 0 Å². The smallest absolute Gasteiger partial charge is 0.133 e. The Hall–Kier alpha value is -1.61. The maximum absolute atomic E-state index is 6.23. The van der Waals surface area contributed by atoms with Crippen molar-refractivity contribution in [1.82, 2.24) is 9.97 Å². The van der Waals surface area contributed by atoms with Gasteiger partial charge in [0, 0.05) is 23.6 Å². The molecule has 0 fully saturated rings. The van der Waals surface area contributed by atoms with Gasteiger partial charge in [0.2, 0.25) is 0 Å². The van der Waals surface area contributed by atoms with Crippen LogP contribution in [-0.2, 0) is 5.54 Å². The highest BCUT2D eigenvalue weighted by Crippen LogP contribution is 2.27. The van der Waals surface area contributed by atoms with Crippen LogP contribution < -0.4 is 5.32 Å². The molecule has 0 saturated heterocycles. The van der Waals surface area contributed by atoms with Gasteiger partial charge in [-0.2, -0.15) is 0 Å². The van der Waals surface area contributed by atoms with Crippen molar-refractivity contribution in [2.45, 2.75) is 39.2 Å². The summed E-state index contributed by atoms with van der Waals surface area (Å²) < 4.78 is 0. The van der Waals surface area contributed by atoms with Crippen LogP contribution in [-0.4, -0.2) is 15.8 Å². The molecule has 0 aliphatic rings. The van der Waals surface area contributed by atoms with Crippen LogP contribution in [0.3, 0.4) is 0 Å². The molecule has 1 unspecified atom stereocenters. The Bertz CT molecular complexity index is 598. The number of alkyl halides is 1. The van der Waals surface area contributed by atoms with Gasteiger partial charge in [-0.15, -0.1) is 11.6 Å². The summed E-state index contributed by atoms with van der Waals surface area (Å²) in [6, 6.07) is 12.2. The second-order valence-corrected chi connectivity index (χ2v) is 6.13. The highest BCUT2D eigenvalue weighted by atomic mass is 35.5.